The van der Waals surface area contributed by atoms with Gasteiger partial charge in [0.15, 0.2) is 0 Å². The van der Waals surface area contributed by atoms with Gasteiger partial charge in [-0.2, -0.15) is 0 Å². The van der Waals surface area contributed by atoms with Crippen molar-refractivity contribution in [1.82, 2.24) is 0 Å². The molecule has 0 saturated heterocycles. The van der Waals surface area contributed by atoms with E-state index in [4.69, 9.17) is 5.11 Å². The number of rotatable bonds is 5. The molecule has 2 N–H and O–H groups in total. The Bertz CT molecular complexity index is 519. The molecule has 23 heavy (non-hydrogen) atoms. The maximum atomic E-state index is 11.9. The second-order valence-electron chi connectivity index (χ2n) is 8.10. The maximum Gasteiger partial charge on any atom is 0.307 e. The third kappa shape index (κ3) is 3.26. The van der Waals surface area contributed by atoms with Crippen LogP contribution in [-0.4, -0.2) is 22.8 Å². The number of hydrogen-bond donors (Lipinski definition) is 2. The monoisotopic (exact) mass is 320 g/mol. The number of carboxylic acid groups (broad SMARTS) is 1. The Morgan fingerprint density at radius 2 is 2.09 bits per heavy atom. The van der Waals surface area contributed by atoms with E-state index < -0.39 is 5.97 Å². The van der Waals surface area contributed by atoms with Crippen LogP contribution in [0, 0.1) is 22.7 Å². The number of aliphatic hydroxyl groups excluding tert-OH is 1. The average Bonchev–Trinajstić information content (AvgIpc) is 2.47. The van der Waals surface area contributed by atoms with Gasteiger partial charge in [0.2, 0.25) is 0 Å². The zero-order valence-electron chi connectivity index (χ0n) is 15.1. The third-order valence-corrected chi connectivity index (χ3v) is 6.92. The van der Waals surface area contributed by atoms with E-state index in [0.717, 1.165) is 44.1 Å². The molecule has 0 heterocycles. The van der Waals surface area contributed by atoms with Crippen LogP contribution < -0.4 is 0 Å². The highest BCUT2D eigenvalue weighted by molar-refractivity contribution is 5.71. The summed E-state index contributed by atoms with van der Waals surface area (Å²) in [7, 11) is 0. The third-order valence-electron chi connectivity index (χ3n) is 6.92. The smallest absolute Gasteiger partial charge is 0.307 e. The van der Waals surface area contributed by atoms with Crippen molar-refractivity contribution in [2.45, 2.75) is 66.2 Å². The molecule has 3 heteroatoms. The van der Waals surface area contributed by atoms with E-state index in [2.05, 4.69) is 26.8 Å². The molecule has 2 aliphatic rings. The van der Waals surface area contributed by atoms with Gasteiger partial charge in [-0.25, -0.2) is 0 Å². The molecule has 0 radical (unpaired) electrons. The van der Waals surface area contributed by atoms with Gasteiger partial charge in [-0.05, 0) is 69.1 Å². The van der Waals surface area contributed by atoms with E-state index in [9.17, 15) is 9.90 Å². The number of aliphatic hydroxyl groups is 1. The molecule has 130 valence electrons. The molecule has 0 aromatic rings. The van der Waals surface area contributed by atoms with E-state index in [0.29, 0.717) is 5.92 Å². The zero-order chi connectivity index (χ0) is 17.3. The topological polar surface area (TPSA) is 57.5 Å². The number of hydrogen-bond acceptors (Lipinski definition) is 2. The predicted molar refractivity (Wildman–Crippen MR) is 93.1 cm³/mol. The van der Waals surface area contributed by atoms with Crippen molar-refractivity contribution in [2.75, 3.05) is 6.61 Å². The highest BCUT2D eigenvalue weighted by Crippen LogP contribution is 2.62. The van der Waals surface area contributed by atoms with Gasteiger partial charge in [0, 0.05) is 0 Å². The fourth-order valence-corrected chi connectivity index (χ4v) is 5.22. The Labute approximate surface area is 140 Å². The lowest BCUT2D eigenvalue weighted by Crippen LogP contribution is -2.52. The summed E-state index contributed by atoms with van der Waals surface area (Å²) in [5.74, 6) is -0.462. The lowest BCUT2D eigenvalue weighted by molar-refractivity contribution is -0.156. The summed E-state index contributed by atoms with van der Waals surface area (Å²) in [6.07, 6.45) is 9.87. The summed E-state index contributed by atoms with van der Waals surface area (Å²) in [4.78, 5) is 11.9. The molecule has 1 saturated carbocycles. The van der Waals surface area contributed by atoms with Crippen molar-refractivity contribution in [3.05, 3.63) is 23.3 Å². The van der Waals surface area contributed by atoms with Crippen molar-refractivity contribution >= 4 is 5.97 Å². The highest BCUT2D eigenvalue weighted by Gasteiger charge is 2.56. The Kier molecular flexibility index (Phi) is 5.40. The first-order chi connectivity index (χ1) is 10.8. The molecule has 4 atom stereocenters. The average molecular weight is 320 g/mol. The van der Waals surface area contributed by atoms with Crippen LogP contribution in [0.1, 0.15) is 66.2 Å². The number of carbonyl (C=O) groups is 1. The number of fused-ring (bicyclic) bond motifs is 1. The fraction of sp³-hybridized carbons (Fsp3) is 0.750. The molecule has 0 amide bonds. The van der Waals surface area contributed by atoms with Crippen molar-refractivity contribution in [1.29, 1.82) is 0 Å². The first kappa shape index (κ1) is 18.3. The van der Waals surface area contributed by atoms with Crippen LogP contribution in [0.25, 0.3) is 0 Å². The lowest BCUT2D eigenvalue weighted by Gasteiger charge is -2.57. The summed E-state index contributed by atoms with van der Waals surface area (Å²) in [6, 6.07) is 0. The van der Waals surface area contributed by atoms with E-state index in [1.54, 1.807) is 0 Å². The molecule has 3 nitrogen and oxygen atoms in total. The van der Waals surface area contributed by atoms with Gasteiger partial charge >= 0.3 is 5.97 Å². The second kappa shape index (κ2) is 6.80. The first-order valence-corrected chi connectivity index (χ1v) is 8.92. The molecule has 2 rings (SSSR count). The predicted octanol–water partition coefficient (Wildman–Crippen LogP) is 4.57. The van der Waals surface area contributed by atoms with Gasteiger partial charge in [0.25, 0.3) is 0 Å². The quantitative estimate of drug-likeness (QED) is 0.730. The van der Waals surface area contributed by atoms with Gasteiger partial charge in [0.1, 0.15) is 0 Å². The minimum absolute atomic E-state index is 0.0634. The standard InChI is InChI=1S/C20H32O3/c1-14(10-13-21)8-11-20(4)16(18(22)23)9-12-19(3)15(2)6-5-7-17(19)20/h6,10,16-17,21H,5,7-9,11-13H2,1-4H3,(H,22,23). The number of carboxylic acids is 1. The minimum Gasteiger partial charge on any atom is -0.481 e. The minimum atomic E-state index is -0.634. The van der Waals surface area contributed by atoms with E-state index >= 15 is 0 Å². The maximum absolute atomic E-state index is 11.9. The fourth-order valence-electron chi connectivity index (χ4n) is 5.22. The molecule has 0 bridgehead atoms. The Morgan fingerprint density at radius 1 is 1.39 bits per heavy atom. The van der Waals surface area contributed by atoms with Gasteiger partial charge < -0.3 is 10.2 Å². The van der Waals surface area contributed by atoms with Gasteiger partial charge in [0.05, 0.1) is 12.5 Å². The van der Waals surface area contributed by atoms with E-state index in [-0.39, 0.29) is 23.4 Å². The van der Waals surface area contributed by atoms with Crippen LogP contribution in [-0.2, 0) is 4.79 Å². The summed E-state index contributed by atoms with van der Waals surface area (Å²) in [5, 5.41) is 18.9. The molecular formula is C20H32O3. The SMILES string of the molecule is CC(=CCO)CCC1(C)C(C(=O)O)CCC2(C)C(C)=CCCC21. The van der Waals surface area contributed by atoms with Crippen LogP contribution in [0.3, 0.4) is 0 Å². The Hall–Kier alpha value is -1.09. The normalized spacial score (nSPS) is 38.0. The Morgan fingerprint density at radius 3 is 2.70 bits per heavy atom. The van der Waals surface area contributed by atoms with Crippen LogP contribution in [0.4, 0.5) is 0 Å². The second-order valence-corrected chi connectivity index (χ2v) is 8.10. The number of allylic oxidation sites excluding steroid dienone is 3. The molecule has 0 aromatic heterocycles. The Balaban J connectivity index is 2.34. The first-order valence-electron chi connectivity index (χ1n) is 8.92. The molecule has 0 aliphatic heterocycles. The van der Waals surface area contributed by atoms with Crippen molar-refractivity contribution in [2.24, 2.45) is 22.7 Å². The highest BCUT2D eigenvalue weighted by atomic mass is 16.4. The molecule has 4 unspecified atom stereocenters. The molecule has 2 aliphatic carbocycles. The largest absolute Gasteiger partial charge is 0.481 e. The van der Waals surface area contributed by atoms with Crippen LogP contribution in [0.15, 0.2) is 23.3 Å². The van der Waals surface area contributed by atoms with Gasteiger partial charge in [-0.3, -0.25) is 4.79 Å². The zero-order valence-corrected chi connectivity index (χ0v) is 15.1. The van der Waals surface area contributed by atoms with Crippen LogP contribution in [0.5, 0.6) is 0 Å². The molecule has 1 fully saturated rings. The summed E-state index contributed by atoms with van der Waals surface area (Å²) in [5.41, 5.74) is 2.58. The van der Waals surface area contributed by atoms with Crippen molar-refractivity contribution < 1.29 is 15.0 Å². The van der Waals surface area contributed by atoms with Crippen LogP contribution in [0.2, 0.25) is 0 Å². The summed E-state index contributed by atoms with van der Waals surface area (Å²) < 4.78 is 0. The van der Waals surface area contributed by atoms with Crippen molar-refractivity contribution in [3.63, 3.8) is 0 Å². The lowest BCUT2D eigenvalue weighted by atomic mass is 9.46. The van der Waals surface area contributed by atoms with Crippen LogP contribution >= 0.6 is 0 Å². The van der Waals surface area contributed by atoms with E-state index in [1.807, 2.05) is 13.0 Å². The summed E-state index contributed by atoms with van der Waals surface area (Å²) in [6.45, 7) is 8.87. The van der Waals surface area contributed by atoms with Gasteiger partial charge in [-0.1, -0.05) is 37.1 Å². The molecule has 0 spiro atoms. The molecular weight excluding hydrogens is 288 g/mol. The van der Waals surface area contributed by atoms with Crippen molar-refractivity contribution in [3.8, 4) is 0 Å². The van der Waals surface area contributed by atoms with Gasteiger partial charge in [-0.15, -0.1) is 0 Å². The number of aliphatic carboxylic acids is 1. The molecule has 0 aromatic carbocycles. The summed E-state index contributed by atoms with van der Waals surface area (Å²) >= 11 is 0. The van der Waals surface area contributed by atoms with E-state index in [1.165, 1.54) is 5.57 Å².